The van der Waals surface area contributed by atoms with Gasteiger partial charge in [0.15, 0.2) is 0 Å². The molecule has 0 saturated heterocycles. The van der Waals surface area contributed by atoms with Crippen LogP contribution in [-0.2, 0) is 0 Å². The summed E-state index contributed by atoms with van der Waals surface area (Å²) in [6, 6.07) is 15.1. The third-order valence-electron chi connectivity index (χ3n) is 2.69. The molecule has 1 aliphatic rings. The van der Waals surface area contributed by atoms with Gasteiger partial charge in [-0.3, -0.25) is 10.1 Å². The van der Waals surface area contributed by atoms with Gasteiger partial charge in [-0.25, -0.2) is 0 Å². The molecule has 2 aromatic rings. The van der Waals surface area contributed by atoms with Gasteiger partial charge in [0.1, 0.15) is 0 Å². The summed E-state index contributed by atoms with van der Waals surface area (Å²) in [6.45, 7) is 0. The molecule has 1 heterocycles. The standard InChI is InChI=1S/C13H9NO2S2/c15-14(16)10-7-5-9(6-8-10)13-17-11-3-1-2-4-12(11)18-13/h1-8,13H. The second-order valence-electron chi connectivity index (χ2n) is 3.86. The maximum atomic E-state index is 10.6. The first-order chi connectivity index (χ1) is 8.74. The number of fused-ring (bicyclic) bond motifs is 1. The number of nitrogens with zero attached hydrogens (tertiary/aromatic N) is 1. The average Bonchev–Trinajstić information content (AvgIpc) is 2.82. The third-order valence-corrected chi connectivity index (χ3v) is 5.59. The summed E-state index contributed by atoms with van der Waals surface area (Å²) in [6.07, 6.45) is 0. The van der Waals surface area contributed by atoms with Crippen LogP contribution in [0.15, 0.2) is 58.3 Å². The second-order valence-corrected chi connectivity index (χ2v) is 6.46. The van der Waals surface area contributed by atoms with Gasteiger partial charge in [-0.15, -0.1) is 23.5 Å². The Morgan fingerprint density at radius 1 is 0.944 bits per heavy atom. The Bertz CT molecular complexity index is 573. The van der Waals surface area contributed by atoms with Crippen molar-refractivity contribution in [3.63, 3.8) is 0 Å². The van der Waals surface area contributed by atoms with Crippen LogP contribution in [0, 0.1) is 10.1 Å². The molecule has 0 saturated carbocycles. The van der Waals surface area contributed by atoms with E-state index in [1.165, 1.54) is 9.79 Å². The van der Waals surface area contributed by atoms with Gasteiger partial charge in [-0.05, 0) is 17.7 Å². The van der Waals surface area contributed by atoms with Crippen molar-refractivity contribution in [3.8, 4) is 0 Å². The van der Waals surface area contributed by atoms with Crippen molar-refractivity contribution in [2.75, 3.05) is 0 Å². The first-order valence-electron chi connectivity index (χ1n) is 5.41. The van der Waals surface area contributed by atoms with Gasteiger partial charge in [0, 0.05) is 21.9 Å². The van der Waals surface area contributed by atoms with Crippen LogP contribution in [0.5, 0.6) is 0 Å². The molecule has 2 aromatic carbocycles. The maximum Gasteiger partial charge on any atom is 0.269 e. The molecule has 0 aromatic heterocycles. The minimum Gasteiger partial charge on any atom is -0.258 e. The van der Waals surface area contributed by atoms with Crippen LogP contribution in [0.4, 0.5) is 5.69 Å². The lowest BCUT2D eigenvalue weighted by atomic mass is 10.2. The molecule has 0 radical (unpaired) electrons. The van der Waals surface area contributed by atoms with Crippen LogP contribution in [-0.4, -0.2) is 4.92 Å². The third kappa shape index (κ3) is 2.11. The minimum absolute atomic E-state index is 0.143. The molecule has 5 heteroatoms. The molecule has 3 nitrogen and oxygen atoms in total. The fraction of sp³-hybridized carbons (Fsp3) is 0.0769. The summed E-state index contributed by atoms with van der Waals surface area (Å²) in [4.78, 5) is 12.8. The van der Waals surface area contributed by atoms with Crippen molar-refractivity contribution in [1.82, 2.24) is 0 Å². The van der Waals surface area contributed by atoms with E-state index in [-0.39, 0.29) is 10.6 Å². The number of hydrogen-bond donors (Lipinski definition) is 0. The Hall–Kier alpha value is -1.46. The zero-order chi connectivity index (χ0) is 12.5. The molecule has 0 amide bonds. The normalized spacial score (nSPS) is 14.4. The molecule has 18 heavy (non-hydrogen) atoms. The Morgan fingerprint density at radius 3 is 2.00 bits per heavy atom. The quantitative estimate of drug-likeness (QED) is 0.598. The SMILES string of the molecule is O=[N+]([O-])c1ccc(C2Sc3ccccc3S2)cc1. The van der Waals surface area contributed by atoms with Crippen LogP contribution in [0.2, 0.25) is 0 Å². The Balaban J connectivity index is 1.84. The van der Waals surface area contributed by atoms with E-state index in [0.29, 0.717) is 4.58 Å². The minimum atomic E-state index is -0.368. The summed E-state index contributed by atoms with van der Waals surface area (Å²) in [5, 5.41) is 10.6. The van der Waals surface area contributed by atoms with Crippen molar-refractivity contribution in [2.24, 2.45) is 0 Å². The van der Waals surface area contributed by atoms with Crippen molar-refractivity contribution in [3.05, 3.63) is 64.2 Å². The molecule has 0 fully saturated rings. The highest BCUT2D eigenvalue weighted by Crippen LogP contribution is 2.56. The average molecular weight is 275 g/mol. The molecule has 3 rings (SSSR count). The highest BCUT2D eigenvalue weighted by atomic mass is 32.2. The molecule has 0 bridgehead atoms. The van der Waals surface area contributed by atoms with Crippen molar-refractivity contribution < 1.29 is 4.92 Å². The lowest BCUT2D eigenvalue weighted by molar-refractivity contribution is -0.384. The first-order valence-corrected chi connectivity index (χ1v) is 7.17. The monoisotopic (exact) mass is 275 g/mol. The van der Waals surface area contributed by atoms with E-state index in [4.69, 9.17) is 0 Å². The number of non-ortho nitro benzene ring substituents is 1. The van der Waals surface area contributed by atoms with Gasteiger partial charge in [0.25, 0.3) is 5.69 Å². The fourth-order valence-electron chi connectivity index (χ4n) is 1.79. The van der Waals surface area contributed by atoms with Gasteiger partial charge < -0.3 is 0 Å². The highest BCUT2D eigenvalue weighted by molar-refractivity contribution is 8.18. The van der Waals surface area contributed by atoms with Crippen LogP contribution < -0.4 is 0 Å². The van der Waals surface area contributed by atoms with Gasteiger partial charge in [-0.1, -0.05) is 24.3 Å². The molecule has 0 unspecified atom stereocenters. The van der Waals surface area contributed by atoms with Crippen LogP contribution in [0.25, 0.3) is 0 Å². The first kappa shape index (κ1) is 11.6. The predicted octanol–water partition coefficient (Wildman–Crippen LogP) is 4.49. The summed E-state index contributed by atoms with van der Waals surface area (Å²) in [5.41, 5.74) is 1.26. The number of hydrogen-bond acceptors (Lipinski definition) is 4. The van der Waals surface area contributed by atoms with E-state index in [0.717, 1.165) is 5.56 Å². The molecule has 0 N–H and O–H groups in total. The van der Waals surface area contributed by atoms with Gasteiger partial charge in [-0.2, -0.15) is 0 Å². The number of nitro groups is 1. The highest BCUT2D eigenvalue weighted by Gasteiger charge is 2.24. The predicted molar refractivity (Wildman–Crippen MR) is 74.0 cm³/mol. The molecule has 90 valence electrons. The van der Waals surface area contributed by atoms with Crippen LogP contribution in [0.1, 0.15) is 10.1 Å². The van der Waals surface area contributed by atoms with E-state index in [2.05, 4.69) is 12.1 Å². The molecule has 0 aliphatic carbocycles. The topological polar surface area (TPSA) is 43.1 Å². The molecule has 0 atom stereocenters. The number of thioether (sulfide) groups is 2. The van der Waals surface area contributed by atoms with E-state index >= 15 is 0 Å². The fourth-order valence-corrected chi connectivity index (χ4v) is 4.62. The van der Waals surface area contributed by atoms with E-state index in [1.807, 2.05) is 24.3 Å². The van der Waals surface area contributed by atoms with Gasteiger partial charge in [0.05, 0.1) is 9.51 Å². The smallest absolute Gasteiger partial charge is 0.258 e. The van der Waals surface area contributed by atoms with Crippen molar-refractivity contribution >= 4 is 29.2 Å². The lowest BCUT2D eigenvalue weighted by Crippen LogP contribution is -1.89. The second kappa shape index (κ2) is 4.66. The van der Waals surface area contributed by atoms with Crippen molar-refractivity contribution in [1.29, 1.82) is 0 Å². The Kier molecular flexibility index (Phi) is 3.01. The summed E-state index contributed by atoms with van der Waals surface area (Å²) >= 11 is 3.59. The summed E-state index contributed by atoms with van der Waals surface area (Å²) in [5.74, 6) is 0. The van der Waals surface area contributed by atoms with E-state index in [1.54, 1.807) is 35.7 Å². The van der Waals surface area contributed by atoms with Crippen molar-refractivity contribution in [2.45, 2.75) is 14.4 Å². The zero-order valence-corrected chi connectivity index (χ0v) is 10.9. The molecular formula is C13H9NO2S2. The number of benzene rings is 2. The van der Waals surface area contributed by atoms with Gasteiger partial charge in [0.2, 0.25) is 0 Å². The number of rotatable bonds is 2. The van der Waals surface area contributed by atoms with Gasteiger partial charge >= 0.3 is 0 Å². The summed E-state index contributed by atoms with van der Waals surface area (Å²) in [7, 11) is 0. The van der Waals surface area contributed by atoms with E-state index < -0.39 is 0 Å². The largest absolute Gasteiger partial charge is 0.269 e. The molecule has 1 aliphatic heterocycles. The molecular weight excluding hydrogens is 266 g/mol. The maximum absolute atomic E-state index is 10.6. The Morgan fingerprint density at radius 2 is 1.50 bits per heavy atom. The Labute approximate surface area is 113 Å². The van der Waals surface area contributed by atoms with E-state index in [9.17, 15) is 10.1 Å². The lowest BCUT2D eigenvalue weighted by Gasteiger charge is -2.07. The van der Waals surface area contributed by atoms with Crippen LogP contribution >= 0.6 is 23.5 Å². The number of nitro benzene ring substituents is 1. The zero-order valence-electron chi connectivity index (χ0n) is 9.28. The summed E-state index contributed by atoms with van der Waals surface area (Å²) < 4.78 is 0.295. The van der Waals surface area contributed by atoms with Crippen LogP contribution in [0.3, 0.4) is 0 Å². The molecule has 0 spiro atoms.